The molecule has 0 aromatic heterocycles. The highest BCUT2D eigenvalue weighted by Crippen LogP contribution is 2.20. The van der Waals surface area contributed by atoms with Crippen molar-refractivity contribution in [1.29, 1.82) is 0 Å². The van der Waals surface area contributed by atoms with Gasteiger partial charge in [0.05, 0.1) is 0 Å². The molecule has 1 aliphatic rings. The second-order valence-electron chi connectivity index (χ2n) is 4.69. The van der Waals surface area contributed by atoms with Gasteiger partial charge in [-0.15, -0.1) is 0 Å². The SMILES string of the molecule is CN(C)CCCC1CCN(C)CC1. The van der Waals surface area contributed by atoms with Gasteiger partial charge in [-0.05, 0) is 72.4 Å². The molecule has 78 valence electrons. The summed E-state index contributed by atoms with van der Waals surface area (Å²) < 4.78 is 0. The molecule has 13 heavy (non-hydrogen) atoms. The fraction of sp³-hybridized carbons (Fsp3) is 1.00. The lowest BCUT2D eigenvalue weighted by Crippen LogP contribution is -2.30. The van der Waals surface area contributed by atoms with E-state index < -0.39 is 0 Å². The minimum atomic E-state index is 1.01. The zero-order chi connectivity index (χ0) is 9.68. The summed E-state index contributed by atoms with van der Waals surface area (Å²) in [6.45, 7) is 3.88. The molecule has 1 heterocycles. The van der Waals surface area contributed by atoms with Crippen LogP contribution in [0, 0.1) is 5.92 Å². The van der Waals surface area contributed by atoms with Crippen LogP contribution in [0.15, 0.2) is 0 Å². The standard InChI is InChI=1S/C11H24N2/c1-12(2)8-4-5-11-6-9-13(3)10-7-11/h11H,4-10H2,1-3H3. The number of likely N-dealkylation sites (tertiary alicyclic amines) is 1. The molecule has 0 amide bonds. The van der Waals surface area contributed by atoms with E-state index in [4.69, 9.17) is 0 Å². The lowest BCUT2D eigenvalue weighted by Gasteiger charge is -2.29. The van der Waals surface area contributed by atoms with Crippen LogP contribution in [0.1, 0.15) is 25.7 Å². The van der Waals surface area contributed by atoms with E-state index >= 15 is 0 Å². The minimum Gasteiger partial charge on any atom is -0.309 e. The van der Waals surface area contributed by atoms with Crippen LogP contribution in [0.4, 0.5) is 0 Å². The molecule has 0 bridgehead atoms. The number of rotatable bonds is 4. The zero-order valence-electron chi connectivity index (χ0n) is 9.42. The van der Waals surface area contributed by atoms with Crippen molar-refractivity contribution in [3.8, 4) is 0 Å². The molecular formula is C11H24N2. The number of piperidine rings is 1. The van der Waals surface area contributed by atoms with Crippen molar-refractivity contribution in [3.05, 3.63) is 0 Å². The highest BCUT2D eigenvalue weighted by molar-refractivity contribution is 4.70. The van der Waals surface area contributed by atoms with Crippen LogP contribution in [0.2, 0.25) is 0 Å². The van der Waals surface area contributed by atoms with E-state index in [-0.39, 0.29) is 0 Å². The van der Waals surface area contributed by atoms with Gasteiger partial charge in [0, 0.05) is 0 Å². The van der Waals surface area contributed by atoms with Crippen molar-refractivity contribution in [2.24, 2.45) is 5.92 Å². The summed E-state index contributed by atoms with van der Waals surface area (Å²) in [5, 5.41) is 0. The summed E-state index contributed by atoms with van der Waals surface area (Å²) in [7, 11) is 6.55. The third-order valence-corrected chi connectivity index (χ3v) is 3.06. The van der Waals surface area contributed by atoms with Crippen LogP contribution in [0.25, 0.3) is 0 Å². The van der Waals surface area contributed by atoms with Gasteiger partial charge in [0.1, 0.15) is 0 Å². The smallest absolute Gasteiger partial charge is 0.00191 e. The van der Waals surface area contributed by atoms with Gasteiger partial charge in [0.25, 0.3) is 0 Å². The molecule has 2 heteroatoms. The van der Waals surface area contributed by atoms with Crippen LogP contribution in [0.3, 0.4) is 0 Å². The quantitative estimate of drug-likeness (QED) is 0.656. The average Bonchev–Trinajstić information content (AvgIpc) is 2.08. The van der Waals surface area contributed by atoms with Crippen molar-refractivity contribution in [1.82, 2.24) is 9.80 Å². The summed E-state index contributed by atoms with van der Waals surface area (Å²) in [6.07, 6.45) is 5.65. The topological polar surface area (TPSA) is 6.48 Å². The Morgan fingerprint density at radius 2 is 1.85 bits per heavy atom. The molecule has 0 saturated carbocycles. The van der Waals surface area contributed by atoms with Gasteiger partial charge in [-0.2, -0.15) is 0 Å². The lowest BCUT2D eigenvalue weighted by atomic mass is 9.92. The van der Waals surface area contributed by atoms with Gasteiger partial charge < -0.3 is 9.80 Å². The maximum atomic E-state index is 2.45. The zero-order valence-corrected chi connectivity index (χ0v) is 9.42. The van der Waals surface area contributed by atoms with Gasteiger partial charge >= 0.3 is 0 Å². The van der Waals surface area contributed by atoms with Gasteiger partial charge in [0.15, 0.2) is 0 Å². The van der Waals surface area contributed by atoms with Gasteiger partial charge in [-0.3, -0.25) is 0 Å². The summed E-state index contributed by atoms with van der Waals surface area (Å²) in [5.41, 5.74) is 0. The van der Waals surface area contributed by atoms with Crippen LogP contribution in [0.5, 0.6) is 0 Å². The first-order valence-electron chi connectivity index (χ1n) is 5.52. The van der Waals surface area contributed by atoms with E-state index in [1.54, 1.807) is 0 Å². The molecule has 1 saturated heterocycles. The predicted octanol–water partition coefficient (Wildman–Crippen LogP) is 1.67. The fourth-order valence-electron chi connectivity index (χ4n) is 2.05. The normalized spacial score (nSPS) is 21.2. The van der Waals surface area contributed by atoms with Gasteiger partial charge in [-0.25, -0.2) is 0 Å². The Morgan fingerprint density at radius 1 is 1.23 bits per heavy atom. The van der Waals surface area contributed by atoms with E-state index in [1.165, 1.54) is 45.3 Å². The Labute approximate surface area is 82.9 Å². The highest BCUT2D eigenvalue weighted by Gasteiger charge is 2.15. The molecule has 0 atom stereocenters. The summed E-state index contributed by atoms with van der Waals surface area (Å²) in [6, 6.07) is 0. The molecular weight excluding hydrogens is 160 g/mol. The molecule has 0 aromatic carbocycles. The molecule has 0 aliphatic carbocycles. The van der Waals surface area contributed by atoms with E-state index in [1.807, 2.05) is 0 Å². The molecule has 0 aromatic rings. The third kappa shape index (κ3) is 4.63. The van der Waals surface area contributed by atoms with Crippen LogP contribution in [-0.4, -0.2) is 50.6 Å². The third-order valence-electron chi connectivity index (χ3n) is 3.06. The molecule has 2 nitrogen and oxygen atoms in total. The first kappa shape index (κ1) is 11.0. The Bertz CT molecular complexity index is 126. The van der Waals surface area contributed by atoms with E-state index in [9.17, 15) is 0 Å². The highest BCUT2D eigenvalue weighted by atomic mass is 15.1. The van der Waals surface area contributed by atoms with E-state index in [2.05, 4.69) is 30.9 Å². The summed E-state index contributed by atoms with van der Waals surface area (Å²) >= 11 is 0. The second-order valence-corrected chi connectivity index (χ2v) is 4.69. The van der Waals surface area contributed by atoms with Crippen LogP contribution in [-0.2, 0) is 0 Å². The molecule has 1 aliphatic heterocycles. The maximum Gasteiger partial charge on any atom is -0.00191 e. The Kier molecular flexibility index (Phi) is 4.74. The van der Waals surface area contributed by atoms with Crippen molar-refractivity contribution >= 4 is 0 Å². The fourth-order valence-corrected chi connectivity index (χ4v) is 2.05. The molecule has 1 rings (SSSR count). The number of hydrogen-bond donors (Lipinski definition) is 0. The first-order chi connectivity index (χ1) is 6.18. The number of nitrogens with zero attached hydrogens (tertiary/aromatic N) is 2. The average molecular weight is 184 g/mol. The maximum absolute atomic E-state index is 2.45. The monoisotopic (exact) mass is 184 g/mol. The van der Waals surface area contributed by atoms with Crippen LogP contribution < -0.4 is 0 Å². The Hall–Kier alpha value is -0.0800. The number of hydrogen-bond acceptors (Lipinski definition) is 2. The largest absolute Gasteiger partial charge is 0.309 e. The molecule has 0 N–H and O–H groups in total. The molecule has 0 radical (unpaired) electrons. The van der Waals surface area contributed by atoms with Crippen molar-refractivity contribution in [3.63, 3.8) is 0 Å². The predicted molar refractivity (Wildman–Crippen MR) is 58.0 cm³/mol. The molecule has 0 spiro atoms. The minimum absolute atomic E-state index is 1.01. The van der Waals surface area contributed by atoms with E-state index in [0.29, 0.717) is 0 Å². The van der Waals surface area contributed by atoms with Gasteiger partial charge in [0.2, 0.25) is 0 Å². The Morgan fingerprint density at radius 3 is 2.38 bits per heavy atom. The Balaban J connectivity index is 2.02. The van der Waals surface area contributed by atoms with Crippen LogP contribution >= 0.6 is 0 Å². The molecule has 1 fully saturated rings. The van der Waals surface area contributed by atoms with E-state index in [0.717, 1.165) is 5.92 Å². The first-order valence-corrected chi connectivity index (χ1v) is 5.52. The second kappa shape index (κ2) is 5.61. The summed E-state index contributed by atoms with van der Waals surface area (Å²) in [4.78, 5) is 4.73. The van der Waals surface area contributed by atoms with Crippen molar-refractivity contribution < 1.29 is 0 Å². The van der Waals surface area contributed by atoms with Crippen molar-refractivity contribution in [2.45, 2.75) is 25.7 Å². The van der Waals surface area contributed by atoms with Gasteiger partial charge in [-0.1, -0.05) is 0 Å². The summed E-state index contributed by atoms with van der Waals surface area (Å²) in [5.74, 6) is 1.01. The molecule has 0 unspecified atom stereocenters. The lowest BCUT2D eigenvalue weighted by molar-refractivity contribution is 0.206. The van der Waals surface area contributed by atoms with Crippen molar-refractivity contribution in [2.75, 3.05) is 40.8 Å².